The first-order valence-electron chi connectivity index (χ1n) is 17.9. The average Bonchev–Trinajstić information content (AvgIpc) is 2.99. The number of hydrogen-bond donors (Lipinski definition) is 4. The lowest BCUT2D eigenvalue weighted by Crippen LogP contribution is -2.27. The van der Waals surface area contributed by atoms with Crippen molar-refractivity contribution >= 4 is 11.9 Å². The monoisotopic (exact) mass is 609 g/mol. The summed E-state index contributed by atoms with van der Waals surface area (Å²) >= 11 is 0. The zero-order chi connectivity index (χ0) is 32.0. The van der Waals surface area contributed by atoms with Crippen LogP contribution in [0, 0.1) is 0 Å². The van der Waals surface area contributed by atoms with Crippen molar-refractivity contribution in [2.24, 2.45) is 0 Å². The molecule has 0 heterocycles. The van der Waals surface area contributed by atoms with E-state index in [-0.39, 0.29) is 11.1 Å². The lowest BCUT2D eigenvalue weighted by atomic mass is 9.97. The molecular formula is C37H68O6. The molecule has 0 saturated heterocycles. The maximum Gasteiger partial charge on any atom is 0.335 e. The summed E-state index contributed by atoms with van der Waals surface area (Å²) in [5, 5.41) is 35.5. The Morgan fingerprint density at radius 3 is 0.860 bits per heavy atom. The molecule has 0 aromatic rings. The number of carboxylic acids is 2. The minimum atomic E-state index is -1.36. The van der Waals surface area contributed by atoms with E-state index in [9.17, 15) is 19.8 Å². The van der Waals surface area contributed by atoms with Gasteiger partial charge in [0, 0.05) is 18.4 Å². The van der Waals surface area contributed by atoms with Crippen molar-refractivity contribution in [1.82, 2.24) is 0 Å². The molecule has 4 N–H and O–H groups in total. The molecule has 3 aliphatic rings. The Morgan fingerprint density at radius 1 is 0.465 bits per heavy atom. The molecule has 0 bridgehead atoms. The highest BCUT2D eigenvalue weighted by atomic mass is 16.5. The summed E-state index contributed by atoms with van der Waals surface area (Å²) in [6.45, 7) is 4.44. The Balaban J connectivity index is 0.000000548. The average molecular weight is 609 g/mol. The molecule has 43 heavy (non-hydrogen) atoms. The van der Waals surface area contributed by atoms with E-state index < -0.39 is 17.7 Å². The van der Waals surface area contributed by atoms with E-state index >= 15 is 0 Å². The van der Waals surface area contributed by atoms with Gasteiger partial charge < -0.3 is 20.4 Å². The fourth-order valence-corrected chi connectivity index (χ4v) is 5.75. The second kappa shape index (κ2) is 29.1. The Kier molecular flexibility index (Phi) is 28.0. The van der Waals surface area contributed by atoms with E-state index in [4.69, 9.17) is 10.2 Å². The van der Waals surface area contributed by atoms with Crippen LogP contribution in [-0.4, -0.2) is 38.2 Å². The second-order valence-corrected chi connectivity index (χ2v) is 13.0. The van der Waals surface area contributed by atoms with Gasteiger partial charge in [-0.3, -0.25) is 0 Å². The largest absolute Gasteiger partial charge is 0.478 e. The Morgan fingerprint density at radius 2 is 0.674 bits per heavy atom. The van der Waals surface area contributed by atoms with Crippen molar-refractivity contribution in [2.45, 2.75) is 199 Å². The van der Waals surface area contributed by atoms with Crippen LogP contribution in [0.5, 0.6) is 0 Å². The Hall–Kier alpha value is -1.66. The van der Waals surface area contributed by atoms with Crippen LogP contribution in [0.2, 0.25) is 0 Å². The van der Waals surface area contributed by atoms with Crippen LogP contribution >= 0.6 is 0 Å². The fraction of sp³-hybridized carbons (Fsp3) is 0.838. The highest BCUT2D eigenvalue weighted by Crippen LogP contribution is 2.22. The first kappa shape index (κ1) is 41.3. The van der Waals surface area contributed by atoms with Gasteiger partial charge in [-0.15, -0.1) is 0 Å². The summed E-state index contributed by atoms with van der Waals surface area (Å²) in [7, 11) is 0. The summed E-state index contributed by atoms with van der Waals surface area (Å²) in [6, 6.07) is 0. The van der Waals surface area contributed by atoms with Gasteiger partial charge in [0.1, 0.15) is 0 Å². The summed E-state index contributed by atoms with van der Waals surface area (Å²) in [5.41, 5.74) is -0.276. The first-order chi connectivity index (χ1) is 20.7. The summed E-state index contributed by atoms with van der Waals surface area (Å²) in [4.78, 5) is 20.3. The van der Waals surface area contributed by atoms with Crippen molar-refractivity contribution in [2.75, 3.05) is 0 Å². The number of aliphatic hydroxyl groups is 2. The minimum absolute atomic E-state index is 0.0441. The van der Waals surface area contributed by atoms with Gasteiger partial charge in [0.15, 0.2) is 5.79 Å². The first-order valence-corrected chi connectivity index (χ1v) is 17.9. The van der Waals surface area contributed by atoms with Gasteiger partial charge in [-0.25, -0.2) is 9.59 Å². The molecule has 0 unspecified atom stereocenters. The lowest BCUT2D eigenvalue weighted by molar-refractivity contribution is -0.172. The summed E-state index contributed by atoms with van der Waals surface area (Å²) in [6.07, 6.45) is 40.2. The van der Waals surface area contributed by atoms with Crippen molar-refractivity contribution in [3.63, 3.8) is 0 Å². The van der Waals surface area contributed by atoms with Crippen LogP contribution in [0.15, 0.2) is 23.8 Å². The van der Waals surface area contributed by atoms with Crippen LogP contribution in [0.1, 0.15) is 193 Å². The smallest absolute Gasteiger partial charge is 0.335 e. The van der Waals surface area contributed by atoms with Crippen molar-refractivity contribution in [1.29, 1.82) is 0 Å². The molecule has 3 rings (SSSR count). The molecule has 6 heteroatoms. The third kappa shape index (κ3) is 30.2. The molecule has 0 atom stereocenters. The number of carbonyl (C=O) groups is 2. The van der Waals surface area contributed by atoms with Crippen LogP contribution < -0.4 is 0 Å². The quantitative estimate of drug-likeness (QED) is 0.144. The molecule has 0 aliphatic heterocycles. The lowest BCUT2D eigenvalue weighted by Gasteiger charge is -2.22. The van der Waals surface area contributed by atoms with Crippen LogP contribution in [0.4, 0.5) is 0 Å². The van der Waals surface area contributed by atoms with E-state index in [2.05, 4.69) is 6.58 Å². The van der Waals surface area contributed by atoms with Crippen LogP contribution in [0.25, 0.3) is 0 Å². The predicted molar refractivity (Wildman–Crippen MR) is 179 cm³/mol. The standard InChI is InChI=1S/C10H20O2.2C10H20.C7H8O4/c11-10(12)8-6-4-2-1-3-5-7-9-10;2*1-2-4-6-8-10-9-7-5-3-1;1-4(6(8)9)3-5(2)7(10)11/h11-12H,1-9H2;2*1-10H2;3H,1H2,2H3,(H,8,9)(H,10,11). The van der Waals surface area contributed by atoms with E-state index in [0.717, 1.165) is 31.8 Å². The molecule has 3 saturated carbocycles. The predicted octanol–water partition coefficient (Wildman–Crippen LogP) is 10.7. The van der Waals surface area contributed by atoms with Crippen LogP contribution in [0.3, 0.4) is 0 Å². The van der Waals surface area contributed by atoms with Gasteiger partial charge in [0.25, 0.3) is 0 Å². The van der Waals surface area contributed by atoms with Gasteiger partial charge in [0.2, 0.25) is 0 Å². The summed E-state index contributed by atoms with van der Waals surface area (Å²) < 4.78 is 0. The second-order valence-electron chi connectivity index (χ2n) is 13.0. The van der Waals surface area contributed by atoms with Crippen LogP contribution in [-0.2, 0) is 9.59 Å². The summed E-state index contributed by atoms with van der Waals surface area (Å²) in [5.74, 6) is -3.73. The molecular weight excluding hydrogens is 540 g/mol. The fourth-order valence-electron chi connectivity index (χ4n) is 5.75. The maximum absolute atomic E-state index is 10.2. The number of aliphatic carboxylic acids is 2. The minimum Gasteiger partial charge on any atom is -0.478 e. The molecule has 6 nitrogen and oxygen atoms in total. The van der Waals surface area contributed by atoms with Crippen molar-refractivity contribution in [3.8, 4) is 0 Å². The highest BCUT2D eigenvalue weighted by molar-refractivity contribution is 5.93. The van der Waals surface area contributed by atoms with Gasteiger partial charge in [0.05, 0.1) is 5.57 Å². The van der Waals surface area contributed by atoms with Gasteiger partial charge >= 0.3 is 11.9 Å². The number of carboxylic acid groups (broad SMARTS) is 2. The van der Waals surface area contributed by atoms with Gasteiger partial charge in [-0.2, -0.15) is 0 Å². The molecule has 0 aromatic heterocycles. The topological polar surface area (TPSA) is 115 Å². The zero-order valence-electron chi connectivity index (χ0n) is 27.9. The SMILES string of the molecule is C1CCCCCCCCC1.C1CCCCCCCCC1.C=C(C=C(C)C(=O)O)C(=O)O.OC1(O)CCCCCCCCC1. The Labute approximate surface area is 264 Å². The Bertz CT molecular complexity index is 628. The highest BCUT2D eigenvalue weighted by Gasteiger charge is 2.21. The number of hydrogen-bond acceptors (Lipinski definition) is 4. The van der Waals surface area contributed by atoms with Gasteiger partial charge in [-0.1, -0.05) is 167 Å². The van der Waals surface area contributed by atoms with E-state index in [0.29, 0.717) is 12.8 Å². The molecule has 0 aromatic carbocycles. The van der Waals surface area contributed by atoms with E-state index in [1.165, 1.54) is 155 Å². The maximum atomic E-state index is 10.2. The van der Waals surface area contributed by atoms with E-state index in [1.807, 2.05) is 0 Å². The van der Waals surface area contributed by atoms with Gasteiger partial charge in [-0.05, 0) is 25.8 Å². The molecule has 0 radical (unpaired) electrons. The van der Waals surface area contributed by atoms with E-state index in [1.54, 1.807) is 0 Å². The molecule has 3 fully saturated rings. The molecule has 3 aliphatic carbocycles. The third-order valence-electron chi connectivity index (χ3n) is 8.66. The van der Waals surface area contributed by atoms with Crippen molar-refractivity contribution < 1.29 is 30.0 Å². The number of rotatable bonds is 3. The molecule has 0 spiro atoms. The molecule has 0 amide bonds. The van der Waals surface area contributed by atoms with Crippen molar-refractivity contribution in [3.05, 3.63) is 23.8 Å². The molecule has 252 valence electrons. The zero-order valence-corrected chi connectivity index (χ0v) is 27.9. The normalized spacial score (nSPS) is 21.3. The third-order valence-corrected chi connectivity index (χ3v) is 8.66.